The molecule has 2 aliphatic heterocycles. The van der Waals surface area contributed by atoms with E-state index in [-0.39, 0.29) is 17.0 Å². The van der Waals surface area contributed by atoms with Gasteiger partial charge in [0.15, 0.2) is 0 Å². The lowest BCUT2D eigenvalue weighted by Crippen LogP contribution is -2.53. The van der Waals surface area contributed by atoms with E-state index in [1.165, 1.54) is 7.11 Å². The zero-order chi connectivity index (χ0) is 15.9. The summed E-state index contributed by atoms with van der Waals surface area (Å²) >= 11 is 0. The second-order valence-corrected chi connectivity index (χ2v) is 7.69. The first-order valence-corrected chi connectivity index (χ1v) is 8.88. The van der Waals surface area contributed by atoms with Gasteiger partial charge >= 0.3 is 0 Å². The Hall–Kier alpha value is -1.15. The maximum Gasteiger partial charge on any atom is 0.247 e. The Balaban J connectivity index is 2.06. The third kappa shape index (κ3) is 2.52. The number of morpholine rings is 1. The van der Waals surface area contributed by atoms with Crippen molar-refractivity contribution in [2.75, 3.05) is 33.4 Å². The highest BCUT2D eigenvalue weighted by atomic mass is 32.2. The van der Waals surface area contributed by atoms with Gasteiger partial charge in [-0.1, -0.05) is 6.07 Å². The van der Waals surface area contributed by atoms with Gasteiger partial charge in [-0.25, -0.2) is 8.42 Å². The van der Waals surface area contributed by atoms with Crippen LogP contribution in [0.25, 0.3) is 0 Å². The summed E-state index contributed by atoms with van der Waals surface area (Å²) in [6.07, 6.45) is -0.0692. The summed E-state index contributed by atoms with van der Waals surface area (Å²) in [5.41, 5.74) is 1.70. The van der Waals surface area contributed by atoms with Crippen molar-refractivity contribution in [1.82, 2.24) is 9.62 Å². The molecular weight excluding hydrogens is 304 g/mol. The van der Waals surface area contributed by atoms with Crippen LogP contribution in [-0.2, 0) is 14.8 Å². The molecule has 22 heavy (non-hydrogen) atoms. The second-order valence-electron chi connectivity index (χ2n) is 5.86. The highest BCUT2D eigenvalue weighted by Crippen LogP contribution is 2.34. The number of methoxy groups -OCH3 is 1. The van der Waals surface area contributed by atoms with Crippen molar-refractivity contribution >= 4 is 10.0 Å². The number of aryl methyl sites for hydroxylation is 2. The minimum atomic E-state index is -3.62. The second kappa shape index (κ2) is 5.81. The number of ether oxygens (including phenoxy) is 2. The predicted octanol–water partition coefficient (Wildman–Crippen LogP) is 0.673. The quantitative estimate of drug-likeness (QED) is 0.884. The Morgan fingerprint density at radius 1 is 1.32 bits per heavy atom. The topological polar surface area (TPSA) is 67.9 Å². The molecule has 0 spiro atoms. The monoisotopic (exact) mass is 326 g/mol. The number of nitrogens with one attached hydrogen (secondary N) is 1. The van der Waals surface area contributed by atoms with Crippen molar-refractivity contribution in [3.63, 3.8) is 0 Å². The maximum absolute atomic E-state index is 13.2. The SMILES string of the molecule is COc1cc(C)cc(C)c1S(=O)(=O)N1CCO[C@H]2CNC[C@H]21. The molecule has 2 fully saturated rings. The van der Waals surface area contributed by atoms with Crippen molar-refractivity contribution in [2.24, 2.45) is 0 Å². The predicted molar refractivity (Wildman–Crippen MR) is 82.8 cm³/mol. The molecular formula is C15H22N2O4S. The summed E-state index contributed by atoms with van der Waals surface area (Å²) in [7, 11) is -2.11. The van der Waals surface area contributed by atoms with E-state index in [1.54, 1.807) is 10.4 Å². The van der Waals surface area contributed by atoms with E-state index in [9.17, 15) is 8.42 Å². The van der Waals surface area contributed by atoms with Gasteiger partial charge in [-0.05, 0) is 31.0 Å². The molecule has 122 valence electrons. The smallest absolute Gasteiger partial charge is 0.247 e. The molecule has 3 rings (SSSR count). The van der Waals surface area contributed by atoms with Crippen LogP contribution in [0.2, 0.25) is 0 Å². The third-order valence-electron chi connectivity index (χ3n) is 4.31. The standard InChI is InChI=1S/C15H22N2O4S/c1-10-6-11(2)15(13(7-10)20-3)22(18,19)17-4-5-21-14-9-16-8-12(14)17/h6-7,12,14,16H,4-5,8-9H2,1-3H3/t12-,14+/m1/s1. The number of fused-ring (bicyclic) bond motifs is 1. The molecule has 1 aromatic carbocycles. The highest BCUT2D eigenvalue weighted by molar-refractivity contribution is 7.89. The van der Waals surface area contributed by atoms with E-state index in [4.69, 9.17) is 9.47 Å². The number of benzene rings is 1. The normalized spacial score (nSPS) is 26.0. The van der Waals surface area contributed by atoms with Crippen molar-refractivity contribution in [3.05, 3.63) is 23.3 Å². The van der Waals surface area contributed by atoms with Crippen molar-refractivity contribution < 1.29 is 17.9 Å². The summed E-state index contributed by atoms with van der Waals surface area (Å²) in [4.78, 5) is 0.271. The Bertz CT molecular complexity index is 674. The van der Waals surface area contributed by atoms with Crippen LogP contribution < -0.4 is 10.1 Å². The van der Waals surface area contributed by atoms with Crippen molar-refractivity contribution in [2.45, 2.75) is 30.9 Å². The lowest BCUT2D eigenvalue weighted by molar-refractivity contribution is -0.0149. The Morgan fingerprint density at radius 2 is 2.09 bits per heavy atom. The molecule has 6 nitrogen and oxygen atoms in total. The molecule has 0 aliphatic carbocycles. The molecule has 0 aromatic heterocycles. The molecule has 0 radical (unpaired) electrons. The third-order valence-corrected chi connectivity index (χ3v) is 6.42. The van der Waals surface area contributed by atoms with E-state index in [0.717, 1.165) is 5.56 Å². The number of hydrogen-bond acceptors (Lipinski definition) is 5. The van der Waals surface area contributed by atoms with Crippen LogP contribution in [0, 0.1) is 13.8 Å². The van der Waals surface area contributed by atoms with Gasteiger partial charge in [-0.2, -0.15) is 4.31 Å². The van der Waals surface area contributed by atoms with Crippen molar-refractivity contribution in [1.29, 1.82) is 0 Å². The fraction of sp³-hybridized carbons (Fsp3) is 0.600. The molecule has 0 bridgehead atoms. The van der Waals surface area contributed by atoms with E-state index >= 15 is 0 Å². The summed E-state index contributed by atoms with van der Waals surface area (Å²) in [6, 6.07) is 3.49. The molecule has 0 amide bonds. The zero-order valence-corrected chi connectivity index (χ0v) is 13.9. The molecule has 2 atom stereocenters. The fourth-order valence-corrected chi connectivity index (χ4v) is 5.35. The summed E-state index contributed by atoms with van der Waals surface area (Å²) < 4.78 is 39.0. The summed E-state index contributed by atoms with van der Waals surface area (Å²) in [5.74, 6) is 0.409. The van der Waals surface area contributed by atoms with E-state index in [0.29, 0.717) is 37.6 Å². The first-order chi connectivity index (χ1) is 10.4. The lowest BCUT2D eigenvalue weighted by Gasteiger charge is -2.36. The van der Waals surface area contributed by atoms with Crippen molar-refractivity contribution in [3.8, 4) is 5.75 Å². The Labute approximate surface area is 131 Å². The zero-order valence-electron chi connectivity index (χ0n) is 13.1. The molecule has 0 saturated carbocycles. The number of rotatable bonds is 3. The number of nitrogens with zero attached hydrogens (tertiary/aromatic N) is 1. The molecule has 0 unspecified atom stereocenters. The van der Waals surface area contributed by atoms with Crippen LogP contribution in [0.15, 0.2) is 17.0 Å². The first kappa shape index (κ1) is 15.7. The largest absolute Gasteiger partial charge is 0.495 e. The van der Waals surface area contributed by atoms with Crippen LogP contribution in [0.4, 0.5) is 0 Å². The molecule has 2 saturated heterocycles. The van der Waals surface area contributed by atoms with Gasteiger partial charge in [-0.15, -0.1) is 0 Å². The van der Waals surface area contributed by atoms with Gasteiger partial charge in [0.1, 0.15) is 10.6 Å². The van der Waals surface area contributed by atoms with Gasteiger partial charge in [0.25, 0.3) is 0 Å². The first-order valence-electron chi connectivity index (χ1n) is 7.44. The van der Waals surface area contributed by atoms with Gasteiger partial charge < -0.3 is 14.8 Å². The van der Waals surface area contributed by atoms with E-state index in [2.05, 4.69) is 5.32 Å². The molecule has 7 heteroatoms. The van der Waals surface area contributed by atoms with E-state index < -0.39 is 10.0 Å². The highest BCUT2D eigenvalue weighted by Gasteiger charge is 2.43. The van der Waals surface area contributed by atoms with Gasteiger partial charge in [-0.3, -0.25) is 0 Å². The van der Waals surface area contributed by atoms with Crippen LogP contribution in [-0.4, -0.2) is 58.2 Å². The Morgan fingerprint density at radius 3 is 2.82 bits per heavy atom. The average molecular weight is 326 g/mol. The summed E-state index contributed by atoms with van der Waals surface area (Å²) in [6.45, 7) is 5.86. The Kier molecular flexibility index (Phi) is 4.15. The molecule has 1 N–H and O–H groups in total. The van der Waals surface area contributed by atoms with Crippen LogP contribution in [0.5, 0.6) is 5.75 Å². The summed E-state index contributed by atoms with van der Waals surface area (Å²) in [5, 5.41) is 3.21. The van der Waals surface area contributed by atoms with Crippen LogP contribution in [0.1, 0.15) is 11.1 Å². The molecule has 2 aliphatic rings. The number of hydrogen-bond donors (Lipinski definition) is 1. The molecule has 1 aromatic rings. The number of sulfonamides is 1. The fourth-order valence-electron chi connectivity index (χ4n) is 3.37. The maximum atomic E-state index is 13.2. The minimum absolute atomic E-state index is 0.0692. The minimum Gasteiger partial charge on any atom is -0.495 e. The van der Waals surface area contributed by atoms with Gasteiger partial charge in [0, 0.05) is 19.6 Å². The van der Waals surface area contributed by atoms with Crippen LogP contribution >= 0.6 is 0 Å². The lowest BCUT2D eigenvalue weighted by atomic mass is 10.1. The van der Waals surface area contributed by atoms with E-state index in [1.807, 2.05) is 19.9 Å². The van der Waals surface area contributed by atoms with Gasteiger partial charge in [0.05, 0.1) is 25.9 Å². The van der Waals surface area contributed by atoms with Crippen LogP contribution in [0.3, 0.4) is 0 Å². The van der Waals surface area contributed by atoms with Gasteiger partial charge in [0.2, 0.25) is 10.0 Å². The average Bonchev–Trinajstić information content (AvgIpc) is 2.93. The molecule has 2 heterocycles.